The molecule has 0 unspecified atom stereocenters. The van der Waals surface area contributed by atoms with E-state index in [0.29, 0.717) is 11.7 Å². The van der Waals surface area contributed by atoms with Gasteiger partial charge in [0.1, 0.15) is 11.5 Å². The molecule has 0 radical (unpaired) electrons. The van der Waals surface area contributed by atoms with Crippen LogP contribution in [0.15, 0.2) is 10.9 Å². The second-order valence-corrected chi connectivity index (χ2v) is 5.17. The Kier molecular flexibility index (Phi) is 3.91. The zero-order valence-electron chi connectivity index (χ0n) is 11.2. The van der Waals surface area contributed by atoms with Gasteiger partial charge in [-0.1, -0.05) is 13.8 Å². The SMILES string of the molecule is CCNc1nc(-c2cscn2)nc(C)c1C(C)C. The second kappa shape index (κ2) is 5.44. The maximum atomic E-state index is 4.61. The van der Waals surface area contributed by atoms with Gasteiger partial charge in [-0.2, -0.15) is 0 Å². The van der Waals surface area contributed by atoms with Crippen molar-refractivity contribution in [2.24, 2.45) is 0 Å². The first-order chi connectivity index (χ1) is 8.63. The molecule has 0 amide bonds. The molecule has 96 valence electrons. The summed E-state index contributed by atoms with van der Waals surface area (Å²) in [6.45, 7) is 9.29. The summed E-state index contributed by atoms with van der Waals surface area (Å²) < 4.78 is 0. The largest absolute Gasteiger partial charge is 0.370 e. The van der Waals surface area contributed by atoms with Crippen LogP contribution in [0.4, 0.5) is 5.82 Å². The molecule has 2 heterocycles. The molecule has 0 aliphatic heterocycles. The van der Waals surface area contributed by atoms with Gasteiger partial charge in [-0.3, -0.25) is 0 Å². The van der Waals surface area contributed by atoms with Crippen molar-refractivity contribution in [2.75, 3.05) is 11.9 Å². The topological polar surface area (TPSA) is 50.7 Å². The first-order valence-corrected chi connectivity index (χ1v) is 7.08. The maximum Gasteiger partial charge on any atom is 0.181 e. The lowest BCUT2D eigenvalue weighted by atomic mass is 10.0. The van der Waals surface area contributed by atoms with Gasteiger partial charge in [0.15, 0.2) is 5.82 Å². The minimum absolute atomic E-state index is 0.406. The average molecular weight is 262 g/mol. The molecule has 0 aromatic carbocycles. The first-order valence-electron chi connectivity index (χ1n) is 6.14. The van der Waals surface area contributed by atoms with Gasteiger partial charge in [-0.05, 0) is 19.8 Å². The number of hydrogen-bond donors (Lipinski definition) is 1. The van der Waals surface area contributed by atoms with Gasteiger partial charge in [0.25, 0.3) is 0 Å². The molecular formula is C13H18N4S. The third kappa shape index (κ3) is 2.51. The Balaban J connectivity index is 2.53. The van der Waals surface area contributed by atoms with E-state index in [1.807, 2.05) is 12.3 Å². The summed E-state index contributed by atoms with van der Waals surface area (Å²) in [5, 5.41) is 5.30. The highest BCUT2D eigenvalue weighted by Gasteiger charge is 2.15. The predicted octanol–water partition coefficient (Wildman–Crippen LogP) is 3.46. The van der Waals surface area contributed by atoms with Crippen LogP contribution in [0, 0.1) is 6.92 Å². The lowest BCUT2D eigenvalue weighted by Crippen LogP contribution is -2.09. The van der Waals surface area contributed by atoms with E-state index in [9.17, 15) is 0 Å². The average Bonchev–Trinajstić information content (AvgIpc) is 2.81. The molecule has 0 atom stereocenters. The van der Waals surface area contributed by atoms with Gasteiger partial charge in [-0.15, -0.1) is 11.3 Å². The van der Waals surface area contributed by atoms with Crippen LogP contribution < -0.4 is 5.32 Å². The molecule has 0 aliphatic rings. The van der Waals surface area contributed by atoms with Crippen LogP contribution in [0.1, 0.15) is 37.9 Å². The summed E-state index contributed by atoms with van der Waals surface area (Å²) in [7, 11) is 0. The van der Waals surface area contributed by atoms with E-state index in [1.54, 1.807) is 16.8 Å². The zero-order chi connectivity index (χ0) is 13.1. The molecule has 0 bridgehead atoms. The third-order valence-electron chi connectivity index (χ3n) is 2.72. The molecule has 0 saturated carbocycles. The Morgan fingerprint density at radius 1 is 1.33 bits per heavy atom. The number of nitrogens with one attached hydrogen (secondary N) is 1. The summed E-state index contributed by atoms with van der Waals surface area (Å²) in [6.07, 6.45) is 0. The fourth-order valence-electron chi connectivity index (χ4n) is 2.01. The lowest BCUT2D eigenvalue weighted by molar-refractivity contribution is 0.830. The van der Waals surface area contributed by atoms with Crippen molar-refractivity contribution in [3.05, 3.63) is 22.1 Å². The van der Waals surface area contributed by atoms with Crippen molar-refractivity contribution in [1.82, 2.24) is 15.0 Å². The summed E-state index contributed by atoms with van der Waals surface area (Å²) in [4.78, 5) is 13.5. The van der Waals surface area contributed by atoms with Crippen LogP contribution in [-0.2, 0) is 0 Å². The van der Waals surface area contributed by atoms with Crippen molar-refractivity contribution in [1.29, 1.82) is 0 Å². The number of thiazole rings is 1. The van der Waals surface area contributed by atoms with E-state index in [-0.39, 0.29) is 0 Å². The molecule has 2 aromatic heterocycles. The molecule has 0 aliphatic carbocycles. The predicted molar refractivity (Wildman–Crippen MR) is 76.1 cm³/mol. The number of anilines is 1. The molecular weight excluding hydrogens is 244 g/mol. The molecule has 2 rings (SSSR count). The molecule has 0 spiro atoms. The normalized spacial score (nSPS) is 10.9. The minimum Gasteiger partial charge on any atom is -0.370 e. The summed E-state index contributed by atoms with van der Waals surface area (Å²) in [6, 6.07) is 0. The molecule has 18 heavy (non-hydrogen) atoms. The van der Waals surface area contributed by atoms with Crippen molar-refractivity contribution in [3.63, 3.8) is 0 Å². The number of nitrogens with zero attached hydrogens (tertiary/aromatic N) is 3. The summed E-state index contributed by atoms with van der Waals surface area (Å²) >= 11 is 1.56. The van der Waals surface area contributed by atoms with E-state index < -0.39 is 0 Å². The summed E-state index contributed by atoms with van der Waals surface area (Å²) in [5.41, 5.74) is 4.87. The van der Waals surface area contributed by atoms with Crippen molar-refractivity contribution >= 4 is 17.2 Å². The highest BCUT2D eigenvalue weighted by Crippen LogP contribution is 2.27. The number of aromatic nitrogens is 3. The Bertz CT molecular complexity index is 520. The highest BCUT2D eigenvalue weighted by atomic mass is 32.1. The van der Waals surface area contributed by atoms with Crippen LogP contribution in [0.3, 0.4) is 0 Å². The second-order valence-electron chi connectivity index (χ2n) is 4.45. The first kappa shape index (κ1) is 13.0. The highest BCUT2D eigenvalue weighted by molar-refractivity contribution is 7.07. The van der Waals surface area contributed by atoms with Crippen LogP contribution in [-0.4, -0.2) is 21.5 Å². The van der Waals surface area contributed by atoms with Gasteiger partial charge in [0, 0.05) is 23.2 Å². The van der Waals surface area contributed by atoms with Gasteiger partial charge in [0.2, 0.25) is 0 Å². The lowest BCUT2D eigenvalue weighted by Gasteiger charge is -2.16. The van der Waals surface area contributed by atoms with E-state index in [0.717, 1.165) is 23.8 Å². The van der Waals surface area contributed by atoms with E-state index >= 15 is 0 Å². The van der Waals surface area contributed by atoms with E-state index in [4.69, 9.17) is 0 Å². The smallest absolute Gasteiger partial charge is 0.181 e. The molecule has 1 N–H and O–H groups in total. The van der Waals surface area contributed by atoms with E-state index in [1.165, 1.54) is 5.56 Å². The van der Waals surface area contributed by atoms with Gasteiger partial charge in [0.05, 0.1) is 5.51 Å². The van der Waals surface area contributed by atoms with Gasteiger partial charge < -0.3 is 5.32 Å². The van der Waals surface area contributed by atoms with Crippen molar-refractivity contribution in [3.8, 4) is 11.5 Å². The fraction of sp³-hybridized carbons (Fsp3) is 0.462. The Morgan fingerprint density at radius 3 is 2.67 bits per heavy atom. The van der Waals surface area contributed by atoms with Crippen molar-refractivity contribution in [2.45, 2.75) is 33.6 Å². The third-order valence-corrected chi connectivity index (χ3v) is 3.31. The van der Waals surface area contributed by atoms with Crippen LogP contribution in [0.5, 0.6) is 0 Å². The number of rotatable bonds is 4. The van der Waals surface area contributed by atoms with E-state index in [2.05, 4.69) is 41.0 Å². The Labute approximate surface area is 112 Å². The maximum absolute atomic E-state index is 4.61. The standard InChI is InChI=1S/C13H18N4S/c1-5-14-13-11(8(2)3)9(4)16-12(17-13)10-6-18-7-15-10/h6-8H,5H2,1-4H3,(H,14,16,17). The van der Waals surface area contributed by atoms with Gasteiger partial charge >= 0.3 is 0 Å². The minimum atomic E-state index is 0.406. The van der Waals surface area contributed by atoms with Gasteiger partial charge in [-0.25, -0.2) is 15.0 Å². The van der Waals surface area contributed by atoms with Crippen LogP contribution in [0.25, 0.3) is 11.5 Å². The number of aryl methyl sites for hydroxylation is 1. The zero-order valence-corrected chi connectivity index (χ0v) is 12.0. The summed E-state index contributed by atoms with van der Waals surface area (Å²) in [5.74, 6) is 2.04. The molecule has 4 nitrogen and oxygen atoms in total. The quantitative estimate of drug-likeness (QED) is 0.916. The molecule has 5 heteroatoms. The van der Waals surface area contributed by atoms with Crippen LogP contribution >= 0.6 is 11.3 Å². The molecule has 0 fully saturated rings. The molecule has 2 aromatic rings. The molecule has 0 saturated heterocycles. The number of hydrogen-bond acceptors (Lipinski definition) is 5. The fourth-order valence-corrected chi connectivity index (χ4v) is 2.54. The Hall–Kier alpha value is -1.49. The monoisotopic (exact) mass is 262 g/mol. The van der Waals surface area contributed by atoms with Crippen molar-refractivity contribution < 1.29 is 0 Å². The van der Waals surface area contributed by atoms with Crippen LogP contribution in [0.2, 0.25) is 0 Å². The Morgan fingerprint density at radius 2 is 2.11 bits per heavy atom.